The molecule has 2 aromatic rings. The van der Waals surface area contributed by atoms with Crippen LogP contribution in [0.5, 0.6) is 0 Å². The Morgan fingerprint density at radius 2 is 1.79 bits per heavy atom. The molecule has 0 saturated carbocycles. The minimum Gasteiger partial charge on any atom is -0.355 e. The van der Waals surface area contributed by atoms with Crippen molar-refractivity contribution in [3.63, 3.8) is 0 Å². The average Bonchev–Trinajstić information content (AvgIpc) is 2.56. The minimum absolute atomic E-state index is 0.0201. The molecule has 0 radical (unpaired) electrons. The van der Waals surface area contributed by atoms with E-state index in [1.807, 2.05) is 6.92 Å². The van der Waals surface area contributed by atoms with E-state index in [4.69, 9.17) is 0 Å². The maximum atomic E-state index is 12.2. The first-order valence-electron chi connectivity index (χ1n) is 7.26. The van der Waals surface area contributed by atoms with E-state index in [1.165, 1.54) is 19.2 Å². The van der Waals surface area contributed by atoms with Gasteiger partial charge in [0, 0.05) is 30.4 Å². The molecule has 0 aromatic heterocycles. The fourth-order valence-electron chi connectivity index (χ4n) is 2.16. The Kier molecular flexibility index (Phi) is 5.26. The van der Waals surface area contributed by atoms with Crippen LogP contribution in [-0.4, -0.2) is 23.8 Å². The van der Waals surface area contributed by atoms with Crippen LogP contribution < -0.4 is 10.6 Å². The molecule has 0 aliphatic carbocycles. The third kappa shape index (κ3) is 4.16. The van der Waals surface area contributed by atoms with Crippen molar-refractivity contribution in [2.24, 2.45) is 0 Å². The number of nitrogens with one attached hydrogen (secondary N) is 2. The van der Waals surface area contributed by atoms with E-state index < -0.39 is 4.92 Å². The molecule has 0 fully saturated rings. The summed E-state index contributed by atoms with van der Waals surface area (Å²) in [5, 5.41) is 15.9. The maximum Gasteiger partial charge on any atom is 0.269 e. The lowest BCUT2D eigenvalue weighted by molar-refractivity contribution is -0.384. The number of benzene rings is 2. The number of rotatable bonds is 5. The molecule has 2 aromatic carbocycles. The SMILES string of the molecule is CNC(=O)c1ccc(C)c(NC(=O)Cc2ccc([N+](=O)[O-])cc2)c1. The zero-order chi connectivity index (χ0) is 17.7. The van der Waals surface area contributed by atoms with Gasteiger partial charge in [-0.3, -0.25) is 19.7 Å². The maximum absolute atomic E-state index is 12.2. The molecule has 24 heavy (non-hydrogen) atoms. The topological polar surface area (TPSA) is 101 Å². The first kappa shape index (κ1) is 17.1. The Morgan fingerprint density at radius 1 is 1.12 bits per heavy atom. The van der Waals surface area contributed by atoms with Gasteiger partial charge in [-0.1, -0.05) is 18.2 Å². The Hall–Kier alpha value is -3.22. The Balaban J connectivity index is 2.09. The summed E-state index contributed by atoms with van der Waals surface area (Å²) in [6.07, 6.45) is 0.0850. The van der Waals surface area contributed by atoms with E-state index in [1.54, 1.807) is 30.3 Å². The van der Waals surface area contributed by atoms with Gasteiger partial charge >= 0.3 is 0 Å². The third-order valence-electron chi connectivity index (χ3n) is 3.51. The summed E-state index contributed by atoms with van der Waals surface area (Å²) in [5.41, 5.74) is 2.49. The zero-order valence-electron chi connectivity index (χ0n) is 13.3. The predicted octanol–water partition coefficient (Wildman–Crippen LogP) is 2.44. The van der Waals surface area contributed by atoms with Crippen LogP contribution in [0.15, 0.2) is 42.5 Å². The van der Waals surface area contributed by atoms with Crippen molar-refractivity contribution in [1.29, 1.82) is 0 Å². The molecule has 0 unspecified atom stereocenters. The number of anilines is 1. The molecule has 0 saturated heterocycles. The highest BCUT2D eigenvalue weighted by Gasteiger charge is 2.11. The van der Waals surface area contributed by atoms with Crippen LogP contribution in [0.3, 0.4) is 0 Å². The smallest absolute Gasteiger partial charge is 0.269 e. The Labute approximate surface area is 138 Å². The summed E-state index contributed by atoms with van der Waals surface area (Å²) in [5.74, 6) is -0.498. The van der Waals surface area contributed by atoms with E-state index in [2.05, 4.69) is 10.6 Å². The molecule has 0 atom stereocenters. The monoisotopic (exact) mass is 327 g/mol. The number of carbonyl (C=O) groups is 2. The van der Waals surface area contributed by atoms with Gasteiger partial charge in [-0.05, 0) is 30.2 Å². The van der Waals surface area contributed by atoms with Crippen molar-refractivity contribution >= 4 is 23.2 Å². The molecule has 0 bridgehead atoms. The first-order chi connectivity index (χ1) is 11.4. The molecule has 2 N–H and O–H groups in total. The number of hydrogen-bond acceptors (Lipinski definition) is 4. The molecule has 0 aliphatic rings. The lowest BCUT2D eigenvalue weighted by Gasteiger charge is -2.10. The summed E-state index contributed by atoms with van der Waals surface area (Å²) in [6.45, 7) is 1.83. The largest absolute Gasteiger partial charge is 0.355 e. The number of amides is 2. The number of aryl methyl sites for hydroxylation is 1. The van der Waals surface area contributed by atoms with Crippen LogP contribution >= 0.6 is 0 Å². The van der Waals surface area contributed by atoms with Gasteiger partial charge in [-0.25, -0.2) is 0 Å². The van der Waals surface area contributed by atoms with E-state index >= 15 is 0 Å². The number of hydrogen-bond donors (Lipinski definition) is 2. The van der Waals surface area contributed by atoms with Gasteiger partial charge in [-0.2, -0.15) is 0 Å². The van der Waals surface area contributed by atoms with Crippen molar-refractivity contribution in [3.8, 4) is 0 Å². The summed E-state index contributed by atoms with van der Waals surface area (Å²) in [4.78, 5) is 33.9. The van der Waals surface area contributed by atoms with Crippen LogP contribution in [0.25, 0.3) is 0 Å². The molecule has 7 nitrogen and oxygen atoms in total. The molecule has 0 aliphatic heterocycles. The van der Waals surface area contributed by atoms with Crippen LogP contribution in [0.4, 0.5) is 11.4 Å². The van der Waals surface area contributed by atoms with Crippen LogP contribution in [0, 0.1) is 17.0 Å². The molecular formula is C17H17N3O4. The predicted molar refractivity (Wildman–Crippen MR) is 90.0 cm³/mol. The van der Waals surface area contributed by atoms with Crippen molar-refractivity contribution < 1.29 is 14.5 Å². The summed E-state index contributed by atoms with van der Waals surface area (Å²) < 4.78 is 0. The van der Waals surface area contributed by atoms with Gasteiger partial charge in [0.1, 0.15) is 0 Å². The highest BCUT2D eigenvalue weighted by atomic mass is 16.6. The van der Waals surface area contributed by atoms with Crippen LogP contribution in [-0.2, 0) is 11.2 Å². The van der Waals surface area contributed by atoms with Gasteiger partial charge in [0.05, 0.1) is 11.3 Å². The quantitative estimate of drug-likeness (QED) is 0.650. The second kappa shape index (κ2) is 7.36. The summed E-state index contributed by atoms with van der Waals surface area (Å²) >= 11 is 0. The molecule has 7 heteroatoms. The number of nitro benzene ring substituents is 1. The number of carbonyl (C=O) groups excluding carboxylic acids is 2. The number of nitro groups is 1. The van der Waals surface area contributed by atoms with Crippen LogP contribution in [0.2, 0.25) is 0 Å². The van der Waals surface area contributed by atoms with Crippen molar-refractivity contribution in [3.05, 3.63) is 69.3 Å². The van der Waals surface area contributed by atoms with Gasteiger partial charge in [0.2, 0.25) is 5.91 Å². The van der Waals surface area contributed by atoms with E-state index in [0.29, 0.717) is 16.8 Å². The van der Waals surface area contributed by atoms with E-state index in [9.17, 15) is 19.7 Å². The number of non-ortho nitro benzene ring substituents is 1. The van der Waals surface area contributed by atoms with Crippen molar-refractivity contribution in [2.75, 3.05) is 12.4 Å². The lowest BCUT2D eigenvalue weighted by Crippen LogP contribution is -2.19. The van der Waals surface area contributed by atoms with Gasteiger partial charge < -0.3 is 10.6 Å². The average molecular weight is 327 g/mol. The lowest BCUT2D eigenvalue weighted by atomic mass is 10.1. The van der Waals surface area contributed by atoms with Gasteiger partial charge in [0.15, 0.2) is 0 Å². The Bertz CT molecular complexity index is 785. The highest BCUT2D eigenvalue weighted by Crippen LogP contribution is 2.18. The van der Waals surface area contributed by atoms with Gasteiger partial charge in [0.25, 0.3) is 11.6 Å². The fraction of sp³-hybridized carbons (Fsp3) is 0.176. The standard InChI is InChI=1S/C17H17N3O4/c1-11-3-6-13(17(22)18-2)10-15(11)19-16(21)9-12-4-7-14(8-5-12)20(23)24/h3-8,10H,9H2,1-2H3,(H,18,22)(H,19,21). The van der Waals surface area contributed by atoms with E-state index in [-0.39, 0.29) is 23.9 Å². The minimum atomic E-state index is -0.489. The Morgan fingerprint density at radius 3 is 2.38 bits per heavy atom. The highest BCUT2D eigenvalue weighted by molar-refractivity contribution is 5.98. The molecule has 2 amide bonds. The molecule has 0 heterocycles. The molecular weight excluding hydrogens is 310 g/mol. The third-order valence-corrected chi connectivity index (χ3v) is 3.51. The zero-order valence-corrected chi connectivity index (χ0v) is 13.3. The number of nitrogens with zero attached hydrogens (tertiary/aromatic N) is 1. The molecule has 2 rings (SSSR count). The van der Waals surface area contributed by atoms with Gasteiger partial charge in [-0.15, -0.1) is 0 Å². The van der Waals surface area contributed by atoms with E-state index in [0.717, 1.165) is 5.56 Å². The fourth-order valence-corrected chi connectivity index (χ4v) is 2.16. The summed E-state index contributed by atoms with van der Waals surface area (Å²) in [7, 11) is 1.54. The second-order valence-corrected chi connectivity index (χ2v) is 5.26. The normalized spacial score (nSPS) is 10.1. The second-order valence-electron chi connectivity index (χ2n) is 5.26. The molecule has 124 valence electrons. The summed E-state index contributed by atoms with van der Waals surface area (Å²) in [6, 6.07) is 10.9. The first-order valence-corrected chi connectivity index (χ1v) is 7.26. The van der Waals surface area contributed by atoms with Crippen LogP contribution in [0.1, 0.15) is 21.5 Å². The van der Waals surface area contributed by atoms with Crippen molar-refractivity contribution in [1.82, 2.24) is 5.32 Å². The van der Waals surface area contributed by atoms with Crippen molar-refractivity contribution in [2.45, 2.75) is 13.3 Å². The molecule has 0 spiro atoms.